The van der Waals surface area contributed by atoms with Gasteiger partial charge in [-0.3, -0.25) is 9.59 Å². The SMILES string of the molecule is COC(=O)CSC1=C(C(=O)O)N2C(=O)C([C@@H](C)O)C2C1C. The molecule has 2 heterocycles. The van der Waals surface area contributed by atoms with Gasteiger partial charge in [-0.1, -0.05) is 6.92 Å². The van der Waals surface area contributed by atoms with Crippen LogP contribution in [0.4, 0.5) is 0 Å². The summed E-state index contributed by atoms with van der Waals surface area (Å²) in [7, 11) is 1.26. The lowest BCUT2D eigenvalue weighted by molar-refractivity contribution is -0.163. The summed E-state index contributed by atoms with van der Waals surface area (Å²) in [5.41, 5.74) is -0.0803. The van der Waals surface area contributed by atoms with Crippen molar-refractivity contribution in [2.45, 2.75) is 26.0 Å². The van der Waals surface area contributed by atoms with Crippen LogP contribution < -0.4 is 0 Å². The first-order valence-corrected chi connectivity index (χ1v) is 7.48. The summed E-state index contributed by atoms with van der Waals surface area (Å²) in [5, 5.41) is 19.0. The maximum atomic E-state index is 12.1. The number of carboxylic acid groups (broad SMARTS) is 1. The van der Waals surface area contributed by atoms with Gasteiger partial charge in [-0.2, -0.15) is 0 Å². The number of amides is 1. The summed E-state index contributed by atoms with van der Waals surface area (Å²) in [6.45, 7) is 3.32. The molecule has 2 aliphatic rings. The Kier molecular flexibility index (Phi) is 4.29. The molecule has 0 spiro atoms. The van der Waals surface area contributed by atoms with Gasteiger partial charge in [0.2, 0.25) is 5.91 Å². The molecule has 0 aromatic rings. The van der Waals surface area contributed by atoms with E-state index >= 15 is 0 Å². The Balaban J connectivity index is 2.28. The van der Waals surface area contributed by atoms with E-state index in [9.17, 15) is 24.6 Å². The van der Waals surface area contributed by atoms with Gasteiger partial charge in [0.1, 0.15) is 5.70 Å². The van der Waals surface area contributed by atoms with Crippen LogP contribution in [0.25, 0.3) is 0 Å². The van der Waals surface area contributed by atoms with E-state index in [0.29, 0.717) is 4.91 Å². The second-order valence-electron chi connectivity index (χ2n) is 5.14. The summed E-state index contributed by atoms with van der Waals surface area (Å²) < 4.78 is 4.54. The zero-order chi connectivity index (χ0) is 15.9. The number of aliphatic carboxylic acids is 1. The molecular formula is C13H17NO6S. The highest BCUT2D eigenvalue weighted by atomic mass is 32.2. The van der Waals surface area contributed by atoms with Gasteiger partial charge in [0.05, 0.1) is 30.9 Å². The van der Waals surface area contributed by atoms with E-state index in [1.165, 1.54) is 18.9 Å². The van der Waals surface area contributed by atoms with Gasteiger partial charge in [0.15, 0.2) is 0 Å². The summed E-state index contributed by atoms with van der Waals surface area (Å²) in [4.78, 5) is 36.4. The van der Waals surface area contributed by atoms with Gasteiger partial charge < -0.3 is 19.8 Å². The average molecular weight is 315 g/mol. The molecule has 0 aromatic heterocycles. The second-order valence-corrected chi connectivity index (χ2v) is 6.15. The van der Waals surface area contributed by atoms with Crippen molar-refractivity contribution < 1.29 is 29.3 Å². The number of thioether (sulfide) groups is 1. The summed E-state index contributed by atoms with van der Waals surface area (Å²) >= 11 is 1.07. The Bertz CT molecular complexity index is 529. The van der Waals surface area contributed by atoms with E-state index in [2.05, 4.69) is 4.74 Å². The largest absolute Gasteiger partial charge is 0.477 e. The van der Waals surface area contributed by atoms with Crippen molar-refractivity contribution in [3.05, 3.63) is 10.6 Å². The molecule has 1 fully saturated rings. The number of esters is 1. The van der Waals surface area contributed by atoms with Crippen LogP contribution in [0.5, 0.6) is 0 Å². The van der Waals surface area contributed by atoms with Gasteiger partial charge in [-0.15, -0.1) is 11.8 Å². The fourth-order valence-corrected chi connectivity index (χ4v) is 4.03. The molecule has 1 amide bonds. The van der Waals surface area contributed by atoms with Gasteiger partial charge in [0.25, 0.3) is 0 Å². The summed E-state index contributed by atoms with van der Waals surface area (Å²) in [5.74, 6) is -2.88. The molecule has 3 unspecified atom stereocenters. The second kappa shape index (κ2) is 5.69. The number of ether oxygens (including phenoxy) is 1. The fraction of sp³-hybridized carbons (Fsp3) is 0.615. The maximum Gasteiger partial charge on any atom is 0.353 e. The highest BCUT2D eigenvalue weighted by Crippen LogP contribution is 2.50. The number of aliphatic hydroxyl groups is 1. The number of fused-ring (bicyclic) bond motifs is 1. The molecule has 1 saturated heterocycles. The quantitative estimate of drug-likeness (QED) is 0.545. The third-order valence-electron chi connectivity index (χ3n) is 3.88. The minimum atomic E-state index is -1.20. The first-order chi connectivity index (χ1) is 9.81. The Morgan fingerprint density at radius 3 is 2.57 bits per heavy atom. The first kappa shape index (κ1) is 15.8. The van der Waals surface area contributed by atoms with Crippen LogP contribution in [0.15, 0.2) is 10.6 Å². The van der Waals surface area contributed by atoms with E-state index in [0.717, 1.165) is 11.8 Å². The van der Waals surface area contributed by atoms with E-state index in [4.69, 9.17) is 0 Å². The van der Waals surface area contributed by atoms with Crippen LogP contribution >= 0.6 is 11.8 Å². The molecule has 0 saturated carbocycles. The van der Waals surface area contributed by atoms with Crippen LogP contribution in [0, 0.1) is 11.8 Å². The number of hydrogen-bond donors (Lipinski definition) is 2. The molecule has 7 nitrogen and oxygen atoms in total. The van der Waals surface area contributed by atoms with E-state index in [-0.39, 0.29) is 29.3 Å². The molecule has 2 rings (SSSR count). The Morgan fingerprint density at radius 2 is 2.10 bits per heavy atom. The van der Waals surface area contributed by atoms with Crippen LogP contribution in [0.3, 0.4) is 0 Å². The normalized spacial score (nSPS) is 29.0. The van der Waals surface area contributed by atoms with Gasteiger partial charge >= 0.3 is 11.9 Å². The molecule has 4 atom stereocenters. The molecule has 2 N–H and O–H groups in total. The standard InChI is InChI=1S/C13H17NO6S/c1-5-9-8(6(2)15)12(17)14(9)10(13(18)19)11(5)21-4-7(16)20-3/h5-6,8-9,15H,4H2,1-3H3,(H,18,19)/t5?,6-,8?,9?/m1/s1. The lowest BCUT2D eigenvalue weighted by Crippen LogP contribution is -2.63. The lowest BCUT2D eigenvalue weighted by atomic mass is 9.79. The molecule has 8 heteroatoms. The van der Waals surface area contributed by atoms with Crippen LogP contribution in [0.1, 0.15) is 13.8 Å². The minimum Gasteiger partial charge on any atom is -0.477 e. The van der Waals surface area contributed by atoms with Crippen molar-refractivity contribution in [2.75, 3.05) is 12.9 Å². The highest BCUT2D eigenvalue weighted by Gasteiger charge is 2.59. The number of carboxylic acids is 1. The summed E-state index contributed by atoms with van der Waals surface area (Å²) in [6.07, 6.45) is -0.832. The lowest BCUT2D eigenvalue weighted by Gasteiger charge is -2.46. The average Bonchev–Trinajstić information content (AvgIpc) is 2.65. The number of carbonyl (C=O) groups excluding carboxylic acids is 2. The first-order valence-electron chi connectivity index (χ1n) is 6.49. The zero-order valence-corrected chi connectivity index (χ0v) is 12.7. The van der Waals surface area contributed by atoms with Crippen molar-refractivity contribution in [3.63, 3.8) is 0 Å². The Morgan fingerprint density at radius 1 is 1.48 bits per heavy atom. The Hall–Kier alpha value is -1.54. The number of carbonyl (C=O) groups is 3. The number of hydrogen-bond acceptors (Lipinski definition) is 6. The third kappa shape index (κ3) is 2.42. The molecular weight excluding hydrogens is 298 g/mol. The third-order valence-corrected chi connectivity index (χ3v) is 5.14. The number of rotatable bonds is 5. The van der Waals surface area contributed by atoms with E-state index < -0.39 is 24.0 Å². The Labute approximate surface area is 125 Å². The number of methoxy groups -OCH3 is 1. The predicted molar refractivity (Wildman–Crippen MR) is 74.1 cm³/mol. The predicted octanol–water partition coefficient (Wildman–Crippen LogP) is 0.0463. The highest BCUT2D eigenvalue weighted by molar-refractivity contribution is 8.03. The molecule has 2 aliphatic heterocycles. The van der Waals surface area contributed by atoms with Crippen LogP contribution in [0.2, 0.25) is 0 Å². The van der Waals surface area contributed by atoms with Crippen molar-refractivity contribution >= 4 is 29.6 Å². The van der Waals surface area contributed by atoms with Gasteiger partial charge in [-0.05, 0) is 6.92 Å². The molecule has 116 valence electrons. The van der Waals surface area contributed by atoms with Crippen LogP contribution in [-0.2, 0) is 19.1 Å². The zero-order valence-electron chi connectivity index (χ0n) is 11.9. The number of nitrogens with zero attached hydrogens (tertiary/aromatic N) is 1. The topological polar surface area (TPSA) is 104 Å². The van der Waals surface area contributed by atoms with E-state index in [1.54, 1.807) is 6.92 Å². The fourth-order valence-electron chi connectivity index (χ4n) is 2.91. The van der Waals surface area contributed by atoms with E-state index in [1.807, 2.05) is 0 Å². The molecule has 0 radical (unpaired) electrons. The smallest absolute Gasteiger partial charge is 0.353 e. The van der Waals surface area contributed by atoms with Crippen LogP contribution in [-0.4, -0.2) is 58.0 Å². The number of aliphatic hydroxyl groups excluding tert-OH is 1. The maximum absolute atomic E-state index is 12.1. The monoisotopic (exact) mass is 315 g/mol. The van der Waals surface area contributed by atoms with Crippen molar-refractivity contribution in [1.29, 1.82) is 0 Å². The number of β-lactam (4-membered cyclic amide) rings is 1. The van der Waals surface area contributed by atoms with Crippen molar-refractivity contribution in [1.82, 2.24) is 4.90 Å². The molecule has 21 heavy (non-hydrogen) atoms. The van der Waals surface area contributed by atoms with Crippen molar-refractivity contribution in [3.8, 4) is 0 Å². The van der Waals surface area contributed by atoms with Gasteiger partial charge in [0, 0.05) is 10.8 Å². The van der Waals surface area contributed by atoms with Crippen molar-refractivity contribution in [2.24, 2.45) is 11.8 Å². The summed E-state index contributed by atoms with van der Waals surface area (Å²) in [6, 6.07) is -0.358. The molecule has 0 bridgehead atoms. The van der Waals surface area contributed by atoms with Gasteiger partial charge in [-0.25, -0.2) is 4.79 Å². The molecule has 0 aliphatic carbocycles. The minimum absolute atomic E-state index is 0.0128. The molecule has 0 aromatic carbocycles.